The lowest BCUT2D eigenvalue weighted by Gasteiger charge is -2.20. The fourth-order valence-corrected chi connectivity index (χ4v) is 2.09. The lowest BCUT2D eigenvalue weighted by Crippen LogP contribution is -2.24. The summed E-state index contributed by atoms with van der Waals surface area (Å²) in [6, 6.07) is 0. The molecular weight excluding hydrogens is 310 g/mol. The van der Waals surface area contributed by atoms with E-state index in [0.29, 0.717) is 11.8 Å². The van der Waals surface area contributed by atoms with Crippen molar-refractivity contribution in [3.63, 3.8) is 0 Å². The summed E-state index contributed by atoms with van der Waals surface area (Å²) in [5, 5.41) is 4.16. The summed E-state index contributed by atoms with van der Waals surface area (Å²) in [6.45, 7) is 3.59. The van der Waals surface area contributed by atoms with Gasteiger partial charge in [0.25, 0.3) is 0 Å². The molecule has 0 atom stereocenters. The molecule has 0 unspecified atom stereocenters. The maximum atomic E-state index is 5.19. The maximum absolute atomic E-state index is 5.19. The second-order valence-corrected chi connectivity index (χ2v) is 4.92. The van der Waals surface area contributed by atoms with Gasteiger partial charge in [0.1, 0.15) is 0 Å². The lowest BCUT2D eigenvalue weighted by molar-refractivity contribution is 0.393. The van der Waals surface area contributed by atoms with Gasteiger partial charge >= 0.3 is 0 Å². The Morgan fingerprint density at radius 3 is 2.79 bits per heavy atom. The van der Waals surface area contributed by atoms with Crippen LogP contribution in [0.4, 0.5) is 5.95 Å². The molecule has 0 spiro atoms. The van der Waals surface area contributed by atoms with Gasteiger partial charge in [0.05, 0.1) is 24.0 Å². The predicted octanol–water partition coefficient (Wildman–Crippen LogP) is 2.01. The first-order valence-corrected chi connectivity index (χ1v) is 6.72. The number of aryl methyl sites for hydroxylation is 1. The molecule has 0 bridgehead atoms. The molecule has 102 valence electrons. The van der Waals surface area contributed by atoms with Crippen LogP contribution in [0, 0.1) is 0 Å². The highest BCUT2D eigenvalue weighted by Gasteiger charge is 2.12. The third-order valence-corrected chi connectivity index (χ3v) is 3.23. The first-order valence-electron chi connectivity index (χ1n) is 5.93. The summed E-state index contributed by atoms with van der Waals surface area (Å²) in [6.07, 6.45) is 5.53. The second kappa shape index (κ2) is 6.01. The number of anilines is 1. The molecule has 0 amide bonds. The van der Waals surface area contributed by atoms with Crippen LogP contribution in [0.3, 0.4) is 0 Å². The molecule has 2 heterocycles. The van der Waals surface area contributed by atoms with E-state index in [9.17, 15) is 0 Å². The van der Waals surface area contributed by atoms with E-state index < -0.39 is 0 Å². The largest absolute Gasteiger partial charge is 0.480 e. The molecule has 2 aromatic rings. The van der Waals surface area contributed by atoms with Gasteiger partial charge < -0.3 is 9.64 Å². The normalized spacial score (nSPS) is 10.5. The summed E-state index contributed by atoms with van der Waals surface area (Å²) in [5.74, 6) is 1.18. The molecule has 0 N–H and O–H groups in total. The summed E-state index contributed by atoms with van der Waals surface area (Å²) in [4.78, 5) is 10.8. The molecule has 0 saturated carbocycles. The summed E-state index contributed by atoms with van der Waals surface area (Å²) in [5.41, 5.74) is 1.12. The van der Waals surface area contributed by atoms with Gasteiger partial charge in [-0.1, -0.05) is 0 Å². The van der Waals surface area contributed by atoms with Gasteiger partial charge in [-0.05, 0) is 22.9 Å². The van der Waals surface area contributed by atoms with Crippen molar-refractivity contribution < 1.29 is 4.74 Å². The number of ether oxygens (including phenoxy) is 1. The standard InChI is InChI=1S/C12H16BrN5O/c1-4-18(8-9-5-15-17(2)7-9)12-14-6-10(13)11(16-12)19-3/h5-7H,4,8H2,1-3H3. The van der Waals surface area contributed by atoms with Gasteiger partial charge in [-0.15, -0.1) is 0 Å². The number of nitrogens with zero attached hydrogens (tertiary/aromatic N) is 5. The SMILES string of the molecule is CCN(Cc1cnn(C)c1)c1ncc(Br)c(OC)n1. The highest BCUT2D eigenvalue weighted by Crippen LogP contribution is 2.23. The van der Waals surface area contributed by atoms with Crippen molar-refractivity contribution in [2.75, 3.05) is 18.6 Å². The first kappa shape index (κ1) is 13.8. The zero-order chi connectivity index (χ0) is 13.8. The molecule has 0 aliphatic carbocycles. The van der Waals surface area contributed by atoms with Crippen LogP contribution in [0.15, 0.2) is 23.1 Å². The van der Waals surface area contributed by atoms with Gasteiger partial charge in [-0.2, -0.15) is 10.1 Å². The van der Waals surface area contributed by atoms with E-state index >= 15 is 0 Å². The molecule has 0 fully saturated rings. The summed E-state index contributed by atoms with van der Waals surface area (Å²) < 4.78 is 7.72. The Labute approximate surface area is 120 Å². The Hall–Kier alpha value is -1.63. The topological polar surface area (TPSA) is 56.1 Å². The Morgan fingerprint density at radius 2 is 2.21 bits per heavy atom. The lowest BCUT2D eigenvalue weighted by atomic mass is 10.3. The Balaban J connectivity index is 2.21. The van der Waals surface area contributed by atoms with E-state index in [1.807, 2.05) is 19.4 Å². The Kier molecular flexibility index (Phi) is 4.36. The van der Waals surface area contributed by atoms with E-state index in [4.69, 9.17) is 4.74 Å². The third-order valence-electron chi connectivity index (χ3n) is 2.69. The molecule has 0 aliphatic heterocycles. The van der Waals surface area contributed by atoms with Crippen LogP contribution in [0.5, 0.6) is 5.88 Å². The van der Waals surface area contributed by atoms with Gasteiger partial charge in [-0.25, -0.2) is 4.98 Å². The highest BCUT2D eigenvalue weighted by atomic mass is 79.9. The van der Waals surface area contributed by atoms with E-state index in [2.05, 4.69) is 42.8 Å². The van der Waals surface area contributed by atoms with Crippen LogP contribution >= 0.6 is 15.9 Å². The smallest absolute Gasteiger partial charge is 0.232 e. The molecule has 0 radical (unpaired) electrons. The van der Waals surface area contributed by atoms with Crippen molar-refractivity contribution in [1.82, 2.24) is 19.7 Å². The van der Waals surface area contributed by atoms with Crippen LogP contribution in [-0.4, -0.2) is 33.4 Å². The van der Waals surface area contributed by atoms with E-state index in [-0.39, 0.29) is 0 Å². The Morgan fingerprint density at radius 1 is 1.42 bits per heavy atom. The number of hydrogen-bond acceptors (Lipinski definition) is 5. The zero-order valence-corrected chi connectivity index (χ0v) is 12.8. The van der Waals surface area contributed by atoms with Crippen molar-refractivity contribution in [2.45, 2.75) is 13.5 Å². The van der Waals surface area contributed by atoms with Crippen molar-refractivity contribution in [3.8, 4) is 5.88 Å². The molecule has 2 rings (SSSR count). The van der Waals surface area contributed by atoms with Crippen LogP contribution in [0.1, 0.15) is 12.5 Å². The zero-order valence-electron chi connectivity index (χ0n) is 11.2. The number of halogens is 1. The fraction of sp³-hybridized carbons (Fsp3) is 0.417. The van der Waals surface area contributed by atoms with Crippen LogP contribution < -0.4 is 9.64 Å². The number of hydrogen-bond donors (Lipinski definition) is 0. The molecule has 2 aromatic heterocycles. The number of rotatable bonds is 5. The molecular formula is C12H16BrN5O. The second-order valence-electron chi connectivity index (χ2n) is 4.06. The van der Waals surface area contributed by atoms with Gasteiger partial charge in [0.2, 0.25) is 11.8 Å². The minimum atomic E-state index is 0.537. The van der Waals surface area contributed by atoms with E-state index in [0.717, 1.165) is 23.1 Å². The first-order chi connectivity index (χ1) is 9.13. The highest BCUT2D eigenvalue weighted by molar-refractivity contribution is 9.10. The predicted molar refractivity (Wildman–Crippen MR) is 76.2 cm³/mol. The average molecular weight is 326 g/mol. The van der Waals surface area contributed by atoms with Crippen molar-refractivity contribution >= 4 is 21.9 Å². The summed E-state index contributed by atoms with van der Waals surface area (Å²) in [7, 11) is 3.49. The maximum Gasteiger partial charge on any atom is 0.232 e. The van der Waals surface area contributed by atoms with Crippen LogP contribution in [0.2, 0.25) is 0 Å². The van der Waals surface area contributed by atoms with Crippen LogP contribution in [-0.2, 0) is 13.6 Å². The van der Waals surface area contributed by atoms with Crippen LogP contribution in [0.25, 0.3) is 0 Å². The summed E-state index contributed by atoms with van der Waals surface area (Å²) >= 11 is 3.35. The van der Waals surface area contributed by atoms with E-state index in [1.165, 1.54) is 0 Å². The molecule has 0 saturated heterocycles. The minimum absolute atomic E-state index is 0.537. The third kappa shape index (κ3) is 3.23. The number of aromatic nitrogens is 4. The van der Waals surface area contributed by atoms with Crippen molar-refractivity contribution in [1.29, 1.82) is 0 Å². The molecule has 6 nitrogen and oxygen atoms in total. The minimum Gasteiger partial charge on any atom is -0.480 e. The number of methoxy groups -OCH3 is 1. The van der Waals surface area contributed by atoms with Gasteiger partial charge in [-0.3, -0.25) is 4.68 Å². The molecule has 0 aromatic carbocycles. The molecule has 19 heavy (non-hydrogen) atoms. The quantitative estimate of drug-likeness (QED) is 0.841. The van der Waals surface area contributed by atoms with Gasteiger partial charge in [0.15, 0.2) is 0 Å². The van der Waals surface area contributed by atoms with Gasteiger partial charge in [0, 0.05) is 31.9 Å². The molecule has 0 aliphatic rings. The van der Waals surface area contributed by atoms with Crippen molar-refractivity contribution in [3.05, 3.63) is 28.6 Å². The monoisotopic (exact) mass is 325 g/mol. The molecule has 7 heteroatoms. The van der Waals surface area contributed by atoms with E-state index in [1.54, 1.807) is 18.0 Å². The Bertz CT molecular complexity index is 557. The fourth-order valence-electron chi connectivity index (χ4n) is 1.74. The van der Waals surface area contributed by atoms with Crippen molar-refractivity contribution in [2.24, 2.45) is 7.05 Å². The average Bonchev–Trinajstić information content (AvgIpc) is 2.82.